The molecule has 1 unspecified atom stereocenters. The Morgan fingerprint density at radius 2 is 1.79 bits per heavy atom. The number of hydrogen-bond acceptors (Lipinski definition) is 7. The van der Waals surface area contributed by atoms with Gasteiger partial charge in [-0.05, 0) is 18.2 Å². The SMILES string of the molecule is COc1cc(O)c2c(c1)N=C(c1ccc(O)c(OC)c1)C(O)C2=O. The van der Waals surface area contributed by atoms with E-state index in [1.54, 1.807) is 0 Å². The van der Waals surface area contributed by atoms with Crippen molar-refractivity contribution in [3.05, 3.63) is 41.5 Å². The van der Waals surface area contributed by atoms with Crippen LogP contribution in [-0.2, 0) is 0 Å². The minimum Gasteiger partial charge on any atom is -0.507 e. The second-order valence-electron chi connectivity index (χ2n) is 5.19. The maximum Gasteiger partial charge on any atom is 0.203 e. The van der Waals surface area contributed by atoms with Crippen LogP contribution in [0.1, 0.15) is 15.9 Å². The number of aliphatic hydroxyl groups excluding tert-OH is 1. The van der Waals surface area contributed by atoms with Crippen molar-refractivity contribution < 1.29 is 29.6 Å². The number of carbonyl (C=O) groups excluding carboxylic acids is 1. The van der Waals surface area contributed by atoms with E-state index >= 15 is 0 Å². The van der Waals surface area contributed by atoms with Crippen molar-refractivity contribution in [2.45, 2.75) is 6.10 Å². The van der Waals surface area contributed by atoms with Gasteiger partial charge in [0, 0.05) is 17.7 Å². The molecule has 0 bridgehead atoms. The Kier molecular flexibility index (Phi) is 3.86. The quantitative estimate of drug-likeness (QED) is 0.792. The van der Waals surface area contributed by atoms with Gasteiger partial charge >= 0.3 is 0 Å². The zero-order chi connectivity index (χ0) is 17.4. The highest BCUT2D eigenvalue weighted by Crippen LogP contribution is 2.38. The largest absolute Gasteiger partial charge is 0.507 e. The van der Waals surface area contributed by atoms with Gasteiger partial charge in [0.05, 0.1) is 31.2 Å². The van der Waals surface area contributed by atoms with Crippen LogP contribution in [0.4, 0.5) is 5.69 Å². The van der Waals surface area contributed by atoms with Crippen LogP contribution in [0.2, 0.25) is 0 Å². The number of carbonyl (C=O) groups is 1. The van der Waals surface area contributed by atoms with Crippen LogP contribution in [0.15, 0.2) is 35.3 Å². The minimum absolute atomic E-state index is 0.0576. The zero-order valence-corrected chi connectivity index (χ0v) is 13.0. The fraction of sp³-hybridized carbons (Fsp3) is 0.176. The molecule has 3 N–H and O–H groups in total. The fourth-order valence-electron chi connectivity index (χ4n) is 2.56. The van der Waals surface area contributed by atoms with Crippen molar-refractivity contribution in [3.8, 4) is 23.0 Å². The number of ketones is 1. The number of Topliss-reactive ketones (excluding diaryl/α,β-unsaturated/α-hetero) is 1. The third-order valence-electron chi connectivity index (χ3n) is 3.78. The number of methoxy groups -OCH3 is 2. The van der Waals surface area contributed by atoms with Crippen molar-refractivity contribution >= 4 is 17.2 Å². The lowest BCUT2D eigenvalue weighted by atomic mass is 9.92. The summed E-state index contributed by atoms with van der Waals surface area (Å²) in [5, 5.41) is 30.0. The van der Waals surface area contributed by atoms with Gasteiger partial charge in [-0.25, -0.2) is 4.99 Å². The molecular weight excluding hydrogens is 314 g/mol. The molecule has 3 rings (SSSR count). The monoisotopic (exact) mass is 329 g/mol. The van der Waals surface area contributed by atoms with Crippen molar-refractivity contribution in [2.75, 3.05) is 14.2 Å². The van der Waals surface area contributed by atoms with Crippen molar-refractivity contribution in [2.24, 2.45) is 4.99 Å². The average Bonchev–Trinajstić information content (AvgIpc) is 2.58. The third kappa shape index (κ3) is 2.44. The smallest absolute Gasteiger partial charge is 0.203 e. The number of aliphatic imine (C=N–C) groups is 1. The van der Waals surface area contributed by atoms with Crippen LogP contribution in [0.5, 0.6) is 23.0 Å². The van der Waals surface area contributed by atoms with Crippen LogP contribution in [0.25, 0.3) is 0 Å². The summed E-state index contributed by atoms with van der Waals surface area (Å²) >= 11 is 0. The summed E-state index contributed by atoms with van der Waals surface area (Å²) in [6.07, 6.45) is -1.54. The van der Waals surface area contributed by atoms with E-state index in [-0.39, 0.29) is 34.2 Å². The van der Waals surface area contributed by atoms with Crippen LogP contribution < -0.4 is 9.47 Å². The van der Waals surface area contributed by atoms with Gasteiger partial charge in [-0.1, -0.05) is 0 Å². The van der Waals surface area contributed by atoms with Crippen LogP contribution in [0.3, 0.4) is 0 Å². The summed E-state index contributed by atoms with van der Waals surface area (Å²) in [6.45, 7) is 0. The first-order valence-electron chi connectivity index (χ1n) is 7.05. The number of benzene rings is 2. The molecule has 124 valence electrons. The highest BCUT2D eigenvalue weighted by molar-refractivity contribution is 6.26. The number of fused-ring (bicyclic) bond motifs is 1. The molecule has 0 saturated heterocycles. The standard InChI is InChI=1S/C17H15NO6/c1-23-9-6-10-14(12(20)7-9)16(21)17(22)15(18-10)8-3-4-11(19)13(5-8)24-2/h3-7,17,19-20,22H,1-2H3. The van der Waals surface area contributed by atoms with Crippen molar-refractivity contribution in [1.29, 1.82) is 0 Å². The number of ether oxygens (including phenoxy) is 2. The van der Waals surface area contributed by atoms with E-state index in [1.807, 2.05) is 0 Å². The molecule has 1 aliphatic heterocycles. The van der Waals surface area contributed by atoms with E-state index < -0.39 is 11.9 Å². The molecule has 2 aromatic carbocycles. The summed E-state index contributed by atoms with van der Waals surface area (Å²) in [4.78, 5) is 16.7. The van der Waals surface area contributed by atoms with Crippen LogP contribution >= 0.6 is 0 Å². The molecule has 1 heterocycles. The van der Waals surface area contributed by atoms with E-state index in [0.717, 1.165) is 0 Å². The summed E-state index contributed by atoms with van der Waals surface area (Å²) in [7, 11) is 2.82. The molecule has 0 amide bonds. The highest BCUT2D eigenvalue weighted by atomic mass is 16.5. The molecule has 0 radical (unpaired) electrons. The molecule has 24 heavy (non-hydrogen) atoms. The number of aliphatic hydroxyl groups is 1. The lowest BCUT2D eigenvalue weighted by Crippen LogP contribution is -2.33. The number of aromatic hydroxyl groups is 2. The Morgan fingerprint density at radius 1 is 1.04 bits per heavy atom. The molecule has 0 spiro atoms. The third-order valence-corrected chi connectivity index (χ3v) is 3.78. The van der Waals surface area contributed by atoms with Crippen LogP contribution in [0, 0.1) is 0 Å². The highest BCUT2D eigenvalue weighted by Gasteiger charge is 2.33. The summed E-state index contributed by atoms with van der Waals surface area (Å²) in [5.41, 5.74) is 0.652. The fourth-order valence-corrected chi connectivity index (χ4v) is 2.56. The topological polar surface area (TPSA) is 109 Å². The summed E-state index contributed by atoms with van der Waals surface area (Å²) in [5.74, 6) is -0.518. The van der Waals surface area contributed by atoms with Gasteiger partial charge in [0.2, 0.25) is 5.78 Å². The molecule has 1 atom stereocenters. The van der Waals surface area contributed by atoms with Crippen LogP contribution in [-0.4, -0.2) is 47.1 Å². The number of hydrogen-bond donors (Lipinski definition) is 3. The summed E-state index contributed by atoms with van der Waals surface area (Å²) < 4.78 is 10.1. The van der Waals surface area contributed by atoms with E-state index in [0.29, 0.717) is 11.3 Å². The predicted octanol–water partition coefficient (Wildman–Crippen LogP) is 1.79. The summed E-state index contributed by atoms with van der Waals surface area (Å²) in [6, 6.07) is 7.14. The maximum absolute atomic E-state index is 12.4. The molecular formula is C17H15NO6. The number of phenols is 2. The predicted molar refractivity (Wildman–Crippen MR) is 85.9 cm³/mol. The molecule has 0 saturated carbocycles. The number of rotatable bonds is 3. The van der Waals surface area contributed by atoms with Gasteiger partial charge in [-0.3, -0.25) is 4.79 Å². The normalized spacial score (nSPS) is 16.4. The minimum atomic E-state index is -1.54. The maximum atomic E-state index is 12.4. The van der Waals surface area contributed by atoms with Crippen molar-refractivity contribution in [3.63, 3.8) is 0 Å². The van der Waals surface area contributed by atoms with E-state index in [2.05, 4.69) is 4.99 Å². The van der Waals surface area contributed by atoms with Gasteiger partial charge in [0.25, 0.3) is 0 Å². The van der Waals surface area contributed by atoms with Gasteiger partial charge in [0.15, 0.2) is 17.6 Å². The van der Waals surface area contributed by atoms with Gasteiger partial charge < -0.3 is 24.8 Å². The molecule has 0 fully saturated rings. The molecule has 0 aliphatic carbocycles. The number of nitrogens with zero attached hydrogens (tertiary/aromatic N) is 1. The molecule has 7 heteroatoms. The van der Waals surface area contributed by atoms with Gasteiger partial charge in [-0.2, -0.15) is 0 Å². The Hall–Kier alpha value is -3.06. The Morgan fingerprint density at radius 3 is 2.46 bits per heavy atom. The van der Waals surface area contributed by atoms with Crippen molar-refractivity contribution in [1.82, 2.24) is 0 Å². The van der Waals surface area contributed by atoms with E-state index in [1.165, 1.54) is 44.6 Å². The lowest BCUT2D eigenvalue weighted by molar-refractivity contribution is 0.0839. The molecule has 7 nitrogen and oxygen atoms in total. The zero-order valence-electron chi connectivity index (χ0n) is 13.0. The van der Waals surface area contributed by atoms with Gasteiger partial charge in [-0.15, -0.1) is 0 Å². The van der Waals surface area contributed by atoms with E-state index in [4.69, 9.17) is 9.47 Å². The average molecular weight is 329 g/mol. The molecule has 0 aromatic heterocycles. The second-order valence-corrected chi connectivity index (χ2v) is 5.19. The Balaban J connectivity index is 2.19. The lowest BCUT2D eigenvalue weighted by Gasteiger charge is -2.21. The molecule has 2 aromatic rings. The Bertz CT molecular complexity index is 858. The first kappa shape index (κ1) is 15.8. The first-order valence-corrected chi connectivity index (χ1v) is 7.05. The van der Waals surface area contributed by atoms with E-state index in [9.17, 15) is 20.1 Å². The number of phenolic OH excluding ortho intramolecular Hbond substituents is 2. The molecule has 1 aliphatic rings. The van der Waals surface area contributed by atoms with Gasteiger partial charge in [0.1, 0.15) is 11.5 Å². The first-order chi connectivity index (χ1) is 11.5. The Labute approximate surface area is 137 Å². The second kappa shape index (κ2) is 5.86.